The number of para-hydroxylation sites is 6. The highest BCUT2D eigenvalue weighted by Crippen LogP contribution is 2.43. The molecule has 5 nitrogen and oxygen atoms in total. The molecule has 0 aliphatic heterocycles. The van der Waals surface area contributed by atoms with Crippen molar-refractivity contribution in [1.29, 1.82) is 0 Å². The molecule has 1 aliphatic carbocycles. The number of anilines is 7. The van der Waals surface area contributed by atoms with Crippen molar-refractivity contribution < 1.29 is 4.42 Å². The van der Waals surface area contributed by atoms with Crippen molar-refractivity contribution in [3.05, 3.63) is 259 Å². The lowest BCUT2D eigenvalue weighted by atomic mass is 9.94. The SMILES string of the molecule is C=CC(Cc1c(C)oc2cc(N(c3ccccc3)c3ccccc3)ccc12)N(C1=Cc2c(c3cc(N(c4ccccc4)c4ccccc4)ccc3n2-c2ccccc2)CC1)c1ccccc1. The van der Waals surface area contributed by atoms with E-state index in [9.17, 15) is 0 Å². The van der Waals surface area contributed by atoms with E-state index in [-0.39, 0.29) is 6.04 Å². The maximum Gasteiger partial charge on any atom is 0.136 e. The molecular formula is C61H50N4O. The van der Waals surface area contributed by atoms with Gasteiger partial charge in [0, 0.05) is 80.0 Å². The second kappa shape index (κ2) is 17.7. The first-order valence-electron chi connectivity index (χ1n) is 22.9. The van der Waals surface area contributed by atoms with Crippen LogP contribution in [0.25, 0.3) is 33.6 Å². The van der Waals surface area contributed by atoms with Crippen LogP contribution in [-0.2, 0) is 12.8 Å². The van der Waals surface area contributed by atoms with Gasteiger partial charge in [0.1, 0.15) is 11.3 Å². The Morgan fingerprint density at radius 1 is 0.530 bits per heavy atom. The van der Waals surface area contributed by atoms with Crippen LogP contribution in [0.1, 0.15) is 29.0 Å². The topological polar surface area (TPSA) is 27.8 Å². The summed E-state index contributed by atoms with van der Waals surface area (Å²) in [6.45, 7) is 6.60. The summed E-state index contributed by atoms with van der Waals surface area (Å²) in [6.07, 6.45) is 7.04. The summed E-state index contributed by atoms with van der Waals surface area (Å²) in [5.74, 6) is 0.924. The minimum absolute atomic E-state index is 0.0593. The summed E-state index contributed by atoms with van der Waals surface area (Å²) in [5, 5.41) is 2.39. The molecule has 8 aromatic carbocycles. The number of benzene rings is 8. The van der Waals surface area contributed by atoms with E-state index >= 15 is 0 Å². The summed E-state index contributed by atoms with van der Waals surface area (Å²) in [7, 11) is 0. The van der Waals surface area contributed by atoms with Crippen LogP contribution < -0.4 is 14.7 Å². The molecule has 10 aromatic rings. The van der Waals surface area contributed by atoms with E-state index in [1.54, 1.807) is 0 Å². The molecule has 1 atom stereocenters. The van der Waals surface area contributed by atoms with Crippen molar-refractivity contribution >= 4 is 67.8 Å². The zero-order valence-electron chi connectivity index (χ0n) is 37.0. The largest absolute Gasteiger partial charge is 0.461 e. The number of hydrogen-bond donors (Lipinski definition) is 0. The Bertz CT molecular complexity index is 3230. The number of rotatable bonds is 13. The van der Waals surface area contributed by atoms with E-state index in [1.807, 2.05) is 0 Å². The molecule has 1 aliphatic rings. The van der Waals surface area contributed by atoms with E-state index < -0.39 is 0 Å². The van der Waals surface area contributed by atoms with Gasteiger partial charge in [-0.15, -0.1) is 6.58 Å². The fourth-order valence-corrected chi connectivity index (χ4v) is 9.95. The van der Waals surface area contributed by atoms with Crippen molar-refractivity contribution in [3.63, 3.8) is 0 Å². The van der Waals surface area contributed by atoms with Crippen LogP contribution in [0, 0.1) is 6.92 Å². The van der Waals surface area contributed by atoms with Crippen LogP contribution in [-0.4, -0.2) is 10.6 Å². The third kappa shape index (κ3) is 7.54. The van der Waals surface area contributed by atoms with Crippen LogP contribution in [0.4, 0.5) is 39.8 Å². The third-order valence-corrected chi connectivity index (χ3v) is 13.0. The van der Waals surface area contributed by atoms with Gasteiger partial charge >= 0.3 is 0 Å². The first-order chi connectivity index (χ1) is 32.6. The summed E-state index contributed by atoms with van der Waals surface area (Å²) >= 11 is 0. The zero-order valence-corrected chi connectivity index (χ0v) is 37.0. The van der Waals surface area contributed by atoms with Crippen molar-refractivity contribution in [1.82, 2.24) is 4.57 Å². The van der Waals surface area contributed by atoms with E-state index in [0.29, 0.717) is 0 Å². The smallest absolute Gasteiger partial charge is 0.136 e. The second-order valence-corrected chi connectivity index (χ2v) is 16.9. The minimum atomic E-state index is -0.0593. The van der Waals surface area contributed by atoms with Crippen LogP contribution in [0.15, 0.2) is 241 Å². The number of nitrogens with zero attached hydrogens (tertiary/aromatic N) is 4. The summed E-state index contributed by atoms with van der Waals surface area (Å²) in [6, 6.07) is 77.5. The zero-order chi connectivity index (χ0) is 44.4. The molecule has 5 heteroatoms. The first kappa shape index (κ1) is 40.5. The third-order valence-electron chi connectivity index (χ3n) is 13.0. The van der Waals surface area contributed by atoms with E-state index in [2.05, 4.69) is 263 Å². The Morgan fingerprint density at radius 3 is 1.55 bits per heavy atom. The molecule has 0 N–H and O–H groups in total. The molecule has 66 heavy (non-hydrogen) atoms. The molecule has 0 saturated carbocycles. The number of hydrogen-bond acceptors (Lipinski definition) is 4. The number of aromatic nitrogens is 1. The van der Waals surface area contributed by atoms with Gasteiger partial charge in [0.15, 0.2) is 0 Å². The molecule has 0 spiro atoms. The predicted molar refractivity (Wildman–Crippen MR) is 276 cm³/mol. The number of fused-ring (bicyclic) bond motifs is 4. The Morgan fingerprint density at radius 2 is 1.02 bits per heavy atom. The Hall–Kier alpha value is -8.28. The Balaban J connectivity index is 1.01. The number of aryl methyl sites for hydroxylation is 2. The average molecular weight is 855 g/mol. The van der Waals surface area contributed by atoms with Crippen molar-refractivity contribution in [2.24, 2.45) is 0 Å². The van der Waals surface area contributed by atoms with Gasteiger partial charge in [0.25, 0.3) is 0 Å². The van der Waals surface area contributed by atoms with Crippen molar-refractivity contribution in [2.75, 3.05) is 14.7 Å². The van der Waals surface area contributed by atoms with Gasteiger partial charge in [-0.25, -0.2) is 0 Å². The monoisotopic (exact) mass is 854 g/mol. The lowest BCUT2D eigenvalue weighted by molar-refractivity contribution is 0.568. The quantitative estimate of drug-likeness (QED) is 0.108. The lowest BCUT2D eigenvalue weighted by Crippen LogP contribution is -2.36. The van der Waals surface area contributed by atoms with Crippen molar-refractivity contribution in [3.8, 4) is 5.69 Å². The van der Waals surface area contributed by atoms with Gasteiger partial charge in [-0.2, -0.15) is 0 Å². The summed E-state index contributed by atoms with van der Waals surface area (Å²) in [4.78, 5) is 7.15. The van der Waals surface area contributed by atoms with Gasteiger partial charge in [-0.1, -0.05) is 115 Å². The normalized spacial score (nSPS) is 12.7. The summed E-state index contributed by atoms with van der Waals surface area (Å²) in [5.41, 5.74) is 16.0. The van der Waals surface area contributed by atoms with Gasteiger partial charge in [0.2, 0.25) is 0 Å². The molecular weight excluding hydrogens is 805 g/mol. The number of allylic oxidation sites excluding steroid dienone is 1. The molecule has 0 amide bonds. The van der Waals surface area contributed by atoms with Crippen LogP contribution in [0.5, 0.6) is 0 Å². The van der Waals surface area contributed by atoms with Gasteiger partial charge in [-0.3, -0.25) is 0 Å². The van der Waals surface area contributed by atoms with E-state index in [1.165, 1.54) is 33.4 Å². The van der Waals surface area contributed by atoms with Gasteiger partial charge < -0.3 is 23.7 Å². The maximum atomic E-state index is 6.66. The van der Waals surface area contributed by atoms with Crippen LogP contribution in [0.2, 0.25) is 0 Å². The molecule has 0 fully saturated rings. The minimum Gasteiger partial charge on any atom is -0.461 e. The highest BCUT2D eigenvalue weighted by Gasteiger charge is 2.29. The molecule has 0 saturated heterocycles. The Labute approximate surface area is 387 Å². The highest BCUT2D eigenvalue weighted by molar-refractivity contribution is 5.95. The van der Waals surface area contributed by atoms with Crippen LogP contribution in [0.3, 0.4) is 0 Å². The number of furan rings is 1. The molecule has 11 rings (SSSR count). The van der Waals surface area contributed by atoms with E-state index in [4.69, 9.17) is 4.42 Å². The van der Waals surface area contributed by atoms with E-state index in [0.717, 1.165) is 81.5 Å². The maximum absolute atomic E-state index is 6.66. The molecule has 1 unspecified atom stereocenters. The molecule has 320 valence electrons. The molecule has 2 heterocycles. The predicted octanol–water partition coefficient (Wildman–Crippen LogP) is 16.2. The molecule has 0 radical (unpaired) electrons. The van der Waals surface area contributed by atoms with Gasteiger partial charge in [0.05, 0.1) is 17.3 Å². The fourth-order valence-electron chi connectivity index (χ4n) is 9.95. The molecule has 2 aromatic heterocycles. The average Bonchev–Trinajstić information content (AvgIpc) is 3.87. The van der Waals surface area contributed by atoms with Gasteiger partial charge in [-0.05, 0) is 135 Å². The summed E-state index contributed by atoms with van der Waals surface area (Å²) < 4.78 is 9.12. The second-order valence-electron chi connectivity index (χ2n) is 16.9. The van der Waals surface area contributed by atoms with Crippen molar-refractivity contribution in [2.45, 2.75) is 32.2 Å². The lowest BCUT2D eigenvalue weighted by Gasteiger charge is -2.36. The van der Waals surface area contributed by atoms with Crippen LogP contribution >= 0.6 is 0 Å². The fraction of sp³-hybridized carbons (Fsp3) is 0.0820. The standard InChI is InChI=1S/C61H50N4O/c1-3-45(40-57-44(2)66-61-43-54(35-38-56(57)61)64(49-28-16-7-17-29-49)50-30-18-8-19-31-50)62(46-22-10-4-11-23-46)53-34-37-55-58-41-52(63(47-24-12-5-13-25-47)48-26-14-6-15-27-48)36-39-59(58)65(60(55)42-53)51-32-20-9-21-33-51/h3-33,35-36,38-39,41-43,45H,1,34,37,40H2,2H3. The Kier molecular flexibility index (Phi) is 10.9. The highest BCUT2D eigenvalue weighted by atomic mass is 16.3. The molecule has 0 bridgehead atoms. The first-order valence-corrected chi connectivity index (χ1v) is 22.9.